The Hall–Kier alpha value is -4.63. The highest BCUT2D eigenvalue weighted by Gasteiger charge is 2.42. The van der Waals surface area contributed by atoms with Crippen LogP contribution in [-0.4, -0.2) is 89.4 Å². The molecule has 0 saturated carbocycles. The van der Waals surface area contributed by atoms with Crippen molar-refractivity contribution in [1.82, 2.24) is 19.3 Å². The third-order valence-electron chi connectivity index (χ3n) is 10.1. The molecule has 0 amide bonds. The maximum absolute atomic E-state index is 15.8. The summed E-state index contributed by atoms with van der Waals surface area (Å²) < 4.78 is 42.9. The lowest BCUT2D eigenvalue weighted by molar-refractivity contribution is -0.154. The number of benzene rings is 1. The van der Waals surface area contributed by atoms with Crippen molar-refractivity contribution in [2.24, 2.45) is 17.6 Å². The van der Waals surface area contributed by atoms with Gasteiger partial charge in [-0.2, -0.15) is 0 Å². The number of hydrogen-bond acceptors (Lipinski definition) is 10. The molecule has 0 spiro atoms. The first-order valence-corrected chi connectivity index (χ1v) is 16.8. The molecule has 50 heavy (non-hydrogen) atoms. The molecule has 1 unspecified atom stereocenters. The summed E-state index contributed by atoms with van der Waals surface area (Å²) in [6, 6.07) is 7.33. The van der Waals surface area contributed by atoms with E-state index in [1.807, 2.05) is 6.07 Å². The fourth-order valence-electron chi connectivity index (χ4n) is 7.42. The molecule has 4 atom stereocenters. The second-order valence-corrected chi connectivity index (χ2v) is 13.6. The number of aliphatic hydroxyl groups is 1. The molecule has 2 fully saturated rings. The van der Waals surface area contributed by atoms with Gasteiger partial charge in [-0.3, -0.25) is 14.0 Å². The van der Waals surface area contributed by atoms with Gasteiger partial charge in [0.2, 0.25) is 0 Å². The van der Waals surface area contributed by atoms with E-state index in [2.05, 4.69) is 27.1 Å². The van der Waals surface area contributed by atoms with Gasteiger partial charge in [0.15, 0.2) is 17.9 Å². The number of nitrogens with one attached hydrogen (secondary N) is 2. The van der Waals surface area contributed by atoms with Crippen molar-refractivity contribution >= 4 is 44.8 Å². The Bertz CT molecular complexity index is 2170. The molecule has 5 N–H and O–H groups in total. The van der Waals surface area contributed by atoms with Crippen molar-refractivity contribution in [3.05, 3.63) is 70.3 Å². The average Bonchev–Trinajstić information content (AvgIpc) is 3.79. The van der Waals surface area contributed by atoms with Gasteiger partial charge in [-0.25, -0.2) is 13.8 Å². The molecule has 6 heterocycles. The first-order valence-electron chi connectivity index (χ1n) is 16.8. The predicted molar refractivity (Wildman–Crippen MR) is 187 cm³/mol. The third kappa shape index (κ3) is 5.75. The number of esters is 1. The van der Waals surface area contributed by atoms with Gasteiger partial charge < -0.3 is 40.4 Å². The van der Waals surface area contributed by atoms with Crippen LogP contribution in [0.5, 0.6) is 0 Å². The number of fused-ring (bicyclic) bond motifs is 5. The Kier molecular flexibility index (Phi) is 8.97. The number of aliphatic hydroxyl groups excluding tert-OH is 1. The summed E-state index contributed by atoms with van der Waals surface area (Å²) in [7, 11) is 3.73. The molecule has 2 saturated heterocycles. The third-order valence-corrected chi connectivity index (χ3v) is 10.1. The number of aromatic amines is 1. The highest BCUT2D eigenvalue weighted by molar-refractivity contribution is 6.18. The van der Waals surface area contributed by atoms with Gasteiger partial charge in [-0.05, 0) is 43.5 Å². The normalized spacial score (nSPS) is 19.2. The summed E-state index contributed by atoms with van der Waals surface area (Å²) in [5, 5.41) is 14.3. The van der Waals surface area contributed by atoms with Crippen LogP contribution in [0.4, 0.5) is 20.2 Å². The van der Waals surface area contributed by atoms with Crippen LogP contribution in [0.2, 0.25) is 0 Å². The van der Waals surface area contributed by atoms with Gasteiger partial charge in [0.05, 0.1) is 39.8 Å². The maximum Gasteiger partial charge on any atom is 0.323 e. The molecule has 2 aliphatic heterocycles. The summed E-state index contributed by atoms with van der Waals surface area (Å²) in [5.74, 6) is -2.19. The second kappa shape index (κ2) is 13.2. The number of pyridine rings is 3. The van der Waals surface area contributed by atoms with Gasteiger partial charge in [0.1, 0.15) is 18.3 Å². The number of carbonyl (C=O) groups is 1. The SMILES string of the molecule is CNc1cc(F)c(F)c2c1[nH]c1ncc(-c3ccc4ccc(C(O)OCCOC(=O)[C@@H](N)C(C)C)c(=O)n4c3)c(N3CC[C@H]4CN(C)C[C@H]43)c12. The zero-order chi connectivity index (χ0) is 35.4. The summed E-state index contributed by atoms with van der Waals surface area (Å²) in [6.07, 6.45) is 2.73. The van der Waals surface area contributed by atoms with Crippen LogP contribution in [-0.2, 0) is 14.3 Å². The van der Waals surface area contributed by atoms with E-state index in [0.717, 1.165) is 32.1 Å². The molecule has 14 heteroatoms. The molecular formula is C36H41F2N7O5. The number of anilines is 2. The number of ether oxygens (including phenoxy) is 2. The van der Waals surface area contributed by atoms with Crippen LogP contribution in [0.15, 0.2) is 47.5 Å². The van der Waals surface area contributed by atoms with Crippen LogP contribution in [0.25, 0.3) is 38.6 Å². The molecule has 12 nitrogen and oxygen atoms in total. The van der Waals surface area contributed by atoms with Crippen molar-refractivity contribution in [3.8, 4) is 11.1 Å². The fraction of sp³-hybridized carbons (Fsp3) is 0.417. The predicted octanol–water partition coefficient (Wildman–Crippen LogP) is 3.99. The number of nitrogens with zero attached hydrogens (tertiary/aromatic N) is 4. The van der Waals surface area contributed by atoms with E-state index in [4.69, 9.17) is 20.2 Å². The van der Waals surface area contributed by atoms with Crippen LogP contribution < -0.4 is 21.5 Å². The molecule has 1 aromatic carbocycles. The topological polar surface area (TPSA) is 150 Å². The zero-order valence-corrected chi connectivity index (χ0v) is 28.4. The molecule has 0 radical (unpaired) electrons. The Labute approximate surface area is 286 Å². The molecule has 0 bridgehead atoms. The van der Waals surface area contributed by atoms with Gasteiger partial charge >= 0.3 is 5.97 Å². The highest BCUT2D eigenvalue weighted by atomic mass is 19.2. The van der Waals surface area contributed by atoms with Gasteiger partial charge in [-0.15, -0.1) is 0 Å². The van der Waals surface area contributed by atoms with Crippen molar-refractivity contribution in [3.63, 3.8) is 0 Å². The zero-order valence-electron chi connectivity index (χ0n) is 28.4. The van der Waals surface area contributed by atoms with Crippen molar-refractivity contribution < 1.29 is 28.2 Å². The van der Waals surface area contributed by atoms with E-state index in [1.54, 1.807) is 45.4 Å². The van der Waals surface area contributed by atoms with Gasteiger partial charge in [-0.1, -0.05) is 19.9 Å². The van der Waals surface area contributed by atoms with E-state index in [-0.39, 0.29) is 36.1 Å². The molecule has 0 aliphatic carbocycles. The van der Waals surface area contributed by atoms with E-state index >= 15 is 8.78 Å². The lowest BCUT2D eigenvalue weighted by atomic mass is 10.00. The average molecular weight is 690 g/mol. The fourth-order valence-corrected chi connectivity index (χ4v) is 7.42. The summed E-state index contributed by atoms with van der Waals surface area (Å²) in [6.45, 7) is 5.79. The number of likely N-dealkylation sites (N-methyl/N-ethyl adjacent to an activating group) is 1. The number of carbonyl (C=O) groups excluding carboxylic acids is 1. The van der Waals surface area contributed by atoms with Crippen molar-refractivity contribution in [2.75, 3.05) is 57.2 Å². The van der Waals surface area contributed by atoms with Crippen molar-refractivity contribution in [1.29, 1.82) is 0 Å². The Morgan fingerprint density at radius 1 is 1.18 bits per heavy atom. The van der Waals surface area contributed by atoms with Crippen LogP contribution in [0.1, 0.15) is 32.1 Å². The summed E-state index contributed by atoms with van der Waals surface area (Å²) >= 11 is 0. The molecule has 5 aromatic rings. The maximum atomic E-state index is 15.8. The molecule has 2 aliphatic rings. The standard InChI is InChI=1S/C36H41F2N7O5/c1-18(2)30(39)36(48)50-12-11-49-35(47)22-8-7-21-6-5-19(16-45(21)34(22)46)23-14-41-33-28(27-29(38)24(37)13-25(40-3)31(27)42-33)32(23)44-10-9-20-15-43(4)17-26(20)44/h5-8,13-14,16,18,20,26,30,35,40,47H,9-12,15,17,39H2,1-4H3,(H,41,42)/t20-,26+,30-,35?/m0/s1. The van der Waals surface area contributed by atoms with E-state index < -0.39 is 35.5 Å². The van der Waals surface area contributed by atoms with E-state index in [9.17, 15) is 14.7 Å². The van der Waals surface area contributed by atoms with E-state index in [1.165, 1.54) is 10.5 Å². The molecular weight excluding hydrogens is 648 g/mol. The van der Waals surface area contributed by atoms with Crippen LogP contribution in [0.3, 0.4) is 0 Å². The number of rotatable bonds is 10. The minimum absolute atomic E-state index is 0.0104. The van der Waals surface area contributed by atoms with Crippen molar-refractivity contribution in [2.45, 2.75) is 38.6 Å². The number of aromatic nitrogens is 3. The lowest BCUT2D eigenvalue weighted by Crippen LogP contribution is -2.37. The Balaban J connectivity index is 1.30. The second-order valence-electron chi connectivity index (χ2n) is 13.6. The number of likely N-dealkylation sites (tertiary alicyclic amines) is 1. The number of nitrogens with two attached hydrogens (primary N) is 1. The van der Waals surface area contributed by atoms with Gasteiger partial charge in [0.25, 0.3) is 5.56 Å². The first-order chi connectivity index (χ1) is 24.0. The minimum atomic E-state index is -1.58. The molecule has 264 valence electrons. The number of halogens is 2. The monoisotopic (exact) mass is 689 g/mol. The largest absolute Gasteiger partial charge is 0.462 e. The van der Waals surface area contributed by atoms with Crippen LogP contribution >= 0.6 is 0 Å². The van der Waals surface area contributed by atoms with E-state index in [0.29, 0.717) is 50.5 Å². The number of hydrogen-bond donors (Lipinski definition) is 4. The molecule has 7 rings (SSSR count). The first kappa shape index (κ1) is 33.8. The minimum Gasteiger partial charge on any atom is -0.462 e. The summed E-state index contributed by atoms with van der Waals surface area (Å²) in [4.78, 5) is 38.3. The summed E-state index contributed by atoms with van der Waals surface area (Å²) in [5.41, 5.74) is 9.10. The Morgan fingerprint density at radius 2 is 1.96 bits per heavy atom. The quantitative estimate of drug-likeness (QED) is 0.0964. The molecule has 4 aromatic heterocycles. The van der Waals surface area contributed by atoms with Crippen LogP contribution in [0, 0.1) is 23.5 Å². The van der Waals surface area contributed by atoms with Gasteiger partial charge in [0, 0.05) is 67.8 Å². The lowest BCUT2D eigenvalue weighted by Gasteiger charge is -2.29. The smallest absolute Gasteiger partial charge is 0.323 e. The highest BCUT2D eigenvalue weighted by Crippen LogP contribution is 2.46. The number of H-pyrrole nitrogens is 1. The Morgan fingerprint density at radius 3 is 2.72 bits per heavy atom.